The molecule has 0 aliphatic rings. The van der Waals surface area contributed by atoms with Crippen molar-refractivity contribution < 1.29 is 13.9 Å². The second-order valence-corrected chi connectivity index (χ2v) is 5.52. The third kappa shape index (κ3) is 4.13. The number of nitrogens with one attached hydrogen (secondary N) is 1. The summed E-state index contributed by atoms with van der Waals surface area (Å²) < 4.78 is 19.2. The summed E-state index contributed by atoms with van der Waals surface area (Å²) in [6.07, 6.45) is 1.33. The zero-order valence-corrected chi connectivity index (χ0v) is 14.0. The van der Waals surface area contributed by atoms with Crippen LogP contribution < -0.4 is 15.6 Å². The molecule has 0 atom stereocenters. The Morgan fingerprint density at radius 1 is 1.15 bits per heavy atom. The number of anilines is 1. The highest BCUT2D eigenvalue weighted by atomic mass is 19.1. The first-order chi connectivity index (χ1) is 12.5. The molecule has 0 unspecified atom stereocenters. The molecule has 0 spiro atoms. The third-order valence-corrected chi connectivity index (χ3v) is 3.71. The van der Waals surface area contributed by atoms with Crippen molar-refractivity contribution in [2.24, 2.45) is 0 Å². The number of carbonyl (C=O) groups is 1. The highest BCUT2D eigenvalue weighted by Gasteiger charge is 2.08. The topological polar surface area (TPSA) is 73.2 Å². The van der Waals surface area contributed by atoms with Crippen LogP contribution in [-0.2, 0) is 11.3 Å². The van der Waals surface area contributed by atoms with Crippen LogP contribution in [0.2, 0.25) is 0 Å². The highest BCUT2D eigenvalue weighted by Crippen LogP contribution is 2.19. The summed E-state index contributed by atoms with van der Waals surface area (Å²) in [4.78, 5) is 28.5. The van der Waals surface area contributed by atoms with Crippen LogP contribution in [0.1, 0.15) is 0 Å². The van der Waals surface area contributed by atoms with E-state index in [0.717, 1.165) is 5.56 Å². The average molecular weight is 353 g/mol. The molecule has 132 valence electrons. The summed E-state index contributed by atoms with van der Waals surface area (Å²) in [6, 6.07) is 13.9. The van der Waals surface area contributed by atoms with Crippen molar-refractivity contribution in [2.45, 2.75) is 6.54 Å². The van der Waals surface area contributed by atoms with Crippen molar-refractivity contribution in [3.63, 3.8) is 0 Å². The van der Waals surface area contributed by atoms with E-state index in [1.54, 1.807) is 31.4 Å². The molecule has 0 saturated heterocycles. The van der Waals surface area contributed by atoms with Crippen molar-refractivity contribution >= 4 is 11.6 Å². The van der Waals surface area contributed by atoms with Crippen LogP contribution in [-0.4, -0.2) is 22.6 Å². The summed E-state index contributed by atoms with van der Waals surface area (Å²) in [5, 5.41) is 2.60. The van der Waals surface area contributed by atoms with Gasteiger partial charge in [0.25, 0.3) is 5.56 Å². The lowest BCUT2D eigenvalue weighted by molar-refractivity contribution is -0.116. The zero-order valence-electron chi connectivity index (χ0n) is 14.0. The molecule has 0 fully saturated rings. The Bertz CT molecular complexity index is 967. The lowest BCUT2D eigenvalue weighted by Gasteiger charge is -2.08. The number of nitrogens with zero attached hydrogens (tertiary/aromatic N) is 2. The van der Waals surface area contributed by atoms with Gasteiger partial charge < -0.3 is 10.1 Å². The van der Waals surface area contributed by atoms with Crippen LogP contribution in [0.3, 0.4) is 0 Å². The summed E-state index contributed by atoms with van der Waals surface area (Å²) in [7, 11) is 1.57. The number of carbonyl (C=O) groups excluding carboxylic acids is 1. The maximum absolute atomic E-state index is 12.9. The second-order valence-electron chi connectivity index (χ2n) is 5.52. The molecule has 3 aromatic rings. The molecule has 1 heterocycles. The van der Waals surface area contributed by atoms with Gasteiger partial charge in [0.15, 0.2) is 0 Å². The molecular formula is C19H16FN3O3. The van der Waals surface area contributed by atoms with Gasteiger partial charge in [0.05, 0.1) is 19.1 Å². The second kappa shape index (κ2) is 7.60. The molecule has 1 amide bonds. The Morgan fingerprint density at radius 3 is 2.46 bits per heavy atom. The summed E-state index contributed by atoms with van der Waals surface area (Å²) in [5.41, 5.74) is 1.38. The number of hydrogen-bond acceptors (Lipinski definition) is 4. The third-order valence-electron chi connectivity index (χ3n) is 3.71. The fourth-order valence-electron chi connectivity index (χ4n) is 2.35. The minimum absolute atomic E-state index is 0.188. The van der Waals surface area contributed by atoms with Gasteiger partial charge in [0, 0.05) is 17.3 Å². The Balaban J connectivity index is 1.71. The molecule has 0 bridgehead atoms. The van der Waals surface area contributed by atoms with E-state index in [-0.39, 0.29) is 12.1 Å². The molecule has 1 N–H and O–H groups in total. The largest absolute Gasteiger partial charge is 0.497 e. The van der Waals surface area contributed by atoms with Gasteiger partial charge in [0.2, 0.25) is 5.91 Å². The Hall–Kier alpha value is -3.48. The maximum atomic E-state index is 12.9. The van der Waals surface area contributed by atoms with Crippen LogP contribution >= 0.6 is 0 Å². The molecule has 26 heavy (non-hydrogen) atoms. The Labute approximate surface area is 148 Å². The maximum Gasteiger partial charge on any atom is 0.254 e. The van der Waals surface area contributed by atoms with E-state index in [4.69, 9.17) is 4.74 Å². The zero-order chi connectivity index (χ0) is 18.5. The summed E-state index contributed by atoms with van der Waals surface area (Å²) in [6.45, 7) is -0.188. The van der Waals surface area contributed by atoms with E-state index in [1.807, 2.05) is 0 Å². The van der Waals surface area contributed by atoms with Crippen molar-refractivity contribution in [1.82, 2.24) is 9.55 Å². The number of hydrogen-bond donors (Lipinski definition) is 1. The predicted molar refractivity (Wildman–Crippen MR) is 95.5 cm³/mol. The Morgan fingerprint density at radius 2 is 1.85 bits per heavy atom. The van der Waals surface area contributed by atoms with E-state index in [0.29, 0.717) is 17.1 Å². The fraction of sp³-hybridized carbons (Fsp3) is 0.105. The quantitative estimate of drug-likeness (QED) is 0.765. The van der Waals surface area contributed by atoms with Crippen LogP contribution in [0, 0.1) is 5.82 Å². The molecule has 0 saturated carbocycles. The number of halogens is 1. The monoisotopic (exact) mass is 353 g/mol. The molecule has 2 aromatic carbocycles. The van der Waals surface area contributed by atoms with Gasteiger partial charge in [-0.1, -0.05) is 0 Å². The first-order valence-corrected chi connectivity index (χ1v) is 7.81. The van der Waals surface area contributed by atoms with Crippen molar-refractivity contribution in [1.29, 1.82) is 0 Å². The lowest BCUT2D eigenvalue weighted by atomic mass is 10.1. The van der Waals surface area contributed by atoms with Crippen molar-refractivity contribution in [2.75, 3.05) is 12.4 Å². The Kier molecular flexibility index (Phi) is 5.07. The van der Waals surface area contributed by atoms with Crippen LogP contribution in [0.5, 0.6) is 5.75 Å². The number of rotatable bonds is 5. The van der Waals surface area contributed by atoms with Gasteiger partial charge in [-0.25, -0.2) is 9.37 Å². The number of ether oxygens (including phenoxy) is 1. The molecule has 0 aliphatic heterocycles. The first-order valence-electron chi connectivity index (χ1n) is 7.81. The lowest BCUT2D eigenvalue weighted by Crippen LogP contribution is -2.27. The molecule has 3 rings (SSSR count). The van der Waals surface area contributed by atoms with Crippen LogP contribution in [0.25, 0.3) is 11.3 Å². The molecule has 0 aliphatic carbocycles. The number of amides is 1. The van der Waals surface area contributed by atoms with E-state index < -0.39 is 11.7 Å². The van der Waals surface area contributed by atoms with E-state index in [9.17, 15) is 14.0 Å². The summed E-state index contributed by atoms with van der Waals surface area (Å²) in [5.74, 6) is -0.0881. The SMILES string of the molecule is COc1ccc(-c2cc(=O)n(CC(=O)Nc3ccc(F)cc3)cn2)cc1. The number of benzene rings is 2. The molecular weight excluding hydrogens is 337 g/mol. The van der Waals surface area contributed by atoms with E-state index in [2.05, 4.69) is 10.3 Å². The minimum Gasteiger partial charge on any atom is -0.497 e. The summed E-state index contributed by atoms with van der Waals surface area (Å²) >= 11 is 0. The van der Waals surface area contributed by atoms with Crippen molar-refractivity contribution in [3.8, 4) is 17.0 Å². The van der Waals surface area contributed by atoms with Crippen LogP contribution in [0.15, 0.2) is 65.7 Å². The van der Waals surface area contributed by atoms with E-state index in [1.165, 1.54) is 41.2 Å². The van der Waals surface area contributed by atoms with Gasteiger partial charge in [-0.3, -0.25) is 14.2 Å². The van der Waals surface area contributed by atoms with Gasteiger partial charge in [-0.05, 0) is 48.5 Å². The molecule has 6 nitrogen and oxygen atoms in total. The molecule has 0 radical (unpaired) electrons. The predicted octanol–water partition coefficient (Wildman–Crippen LogP) is 2.70. The van der Waals surface area contributed by atoms with Gasteiger partial charge in [0.1, 0.15) is 18.1 Å². The first kappa shape index (κ1) is 17.3. The smallest absolute Gasteiger partial charge is 0.254 e. The average Bonchev–Trinajstić information content (AvgIpc) is 2.65. The van der Waals surface area contributed by atoms with E-state index >= 15 is 0 Å². The number of methoxy groups -OCH3 is 1. The minimum atomic E-state index is -0.405. The van der Waals surface area contributed by atoms with Crippen LogP contribution in [0.4, 0.5) is 10.1 Å². The van der Waals surface area contributed by atoms with Crippen molar-refractivity contribution in [3.05, 3.63) is 77.1 Å². The number of aromatic nitrogens is 2. The van der Waals surface area contributed by atoms with Gasteiger partial charge in [-0.15, -0.1) is 0 Å². The molecule has 1 aromatic heterocycles. The molecule has 7 heteroatoms. The highest BCUT2D eigenvalue weighted by molar-refractivity contribution is 5.90. The fourth-order valence-corrected chi connectivity index (χ4v) is 2.35. The van der Waals surface area contributed by atoms with Gasteiger partial charge >= 0.3 is 0 Å². The normalized spacial score (nSPS) is 10.4. The van der Waals surface area contributed by atoms with Gasteiger partial charge in [-0.2, -0.15) is 0 Å². The standard InChI is InChI=1S/C19H16FN3O3/c1-26-16-8-2-13(3-9-16)17-10-19(25)23(12-21-17)11-18(24)22-15-6-4-14(20)5-7-15/h2-10,12H,11H2,1H3,(H,22,24).